The van der Waals surface area contributed by atoms with E-state index in [1.807, 2.05) is 0 Å². The molecule has 0 aliphatic carbocycles. The number of primary amides is 1. The summed E-state index contributed by atoms with van der Waals surface area (Å²) in [6.07, 6.45) is 0.402. The lowest BCUT2D eigenvalue weighted by atomic mass is 10.1. The lowest BCUT2D eigenvalue weighted by molar-refractivity contribution is -0.308. The Morgan fingerprint density at radius 1 is 1.40 bits per heavy atom. The van der Waals surface area contributed by atoms with Crippen molar-refractivity contribution in [1.82, 2.24) is 10.6 Å². The van der Waals surface area contributed by atoms with Crippen molar-refractivity contribution in [2.24, 2.45) is 5.73 Å². The quantitative estimate of drug-likeness (QED) is 0.368. The number of nitrogens with one attached hydrogen (secondary N) is 2. The second-order valence-electron chi connectivity index (χ2n) is 5.75. The summed E-state index contributed by atoms with van der Waals surface area (Å²) in [6, 6.07) is 1.25. The van der Waals surface area contributed by atoms with E-state index in [4.69, 9.17) is 5.73 Å². The Bertz CT molecular complexity index is 697. The maximum absolute atomic E-state index is 12.1. The molecule has 5 N–H and O–H groups in total. The smallest absolute Gasteiger partial charge is 0.312 e. The van der Waals surface area contributed by atoms with Gasteiger partial charge in [-0.25, -0.2) is 4.79 Å². The van der Waals surface area contributed by atoms with Gasteiger partial charge in [-0.3, -0.25) is 4.79 Å². The average molecular weight is 366 g/mol. The molecule has 3 amide bonds. The van der Waals surface area contributed by atoms with Crippen LogP contribution in [0.4, 0.5) is 4.79 Å². The molecule has 25 heavy (non-hydrogen) atoms. The van der Waals surface area contributed by atoms with Gasteiger partial charge in [0.15, 0.2) is 0 Å². The first-order chi connectivity index (χ1) is 11.6. The second kappa shape index (κ2) is 9.05. The first-order valence-corrected chi connectivity index (χ1v) is 8.30. The van der Waals surface area contributed by atoms with Gasteiger partial charge in [-0.15, -0.1) is 11.3 Å². The molecule has 1 heterocycles. The van der Waals surface area contributed by atoms with Crippen LogP contribution in [0.2, 0.25) is 0 Å². The van der Waals surface area contributed by atoms with E-state index in [0.717, 1.165) is 11.3 Å². The Labute approximate surface area is 149 Å². The average Bonchev–Trinajstić information content (AvgIpc) is 2.96. The molecule has 1 rings (SSSR count). The number of amides is 3. The molecule has 0 aliphatic heterocycles. The Kier molecular flexibility index (Phi) is 7.42. The highest BCUT2D eigenvalue weighted by Gasteiger charge is 2.16. The van der Waals surface area contributed by atoms with Gasteiger partial charge in [0.25, 0.3) is 5.91 Å². The third-order valence-corrected chi connectivity index (χ3v) is 3.88. The number of thiophene rings is 1. The van der Waals surface area contributed by atoms with Crippen molar-refractivity contribution in [3.63, 3.8) is 0 Å². The van der Waals surface area contributed by atoms with Crippen LogP contribution in [0, 0.1) is 11.8 Å². The van der Waals surface area contributed by atoms with Crippen molar-refractivity contribution in [1.29, 1.82) is 0 Å². The number of aliphatic hydroxyl groups is 1. The number of rotatable bonds is 7. The van der Waals surface area contributed by atoms with Gasteiger partial charge in [0.05, 0.1) is 21.8 Å². The maximum Gasteiger partial charge on any atom is 0.312 e. The van der Waals surface area contributed by atoms with E-state index in [1.54, 1.807) is 19.9 Å². The summed E-state index contributed by atoms with van der Waals surface area (Å²) in [5, 5.41) is 25.4. The minimum Gasteiger partial charge on any atom is -0.548 e. The van der Waals surface area contributed by atoms with Gasteiger partial charge in [0, 0.05) is 6.54 Å². The molecule has 0 saturated carbocycles. The van der Waals surface area contributed by atoms with Crippen molar-refractivity contribution < 1.29 is 24.6 Å². The van der Waals surface area contributed by atoms with Gasteiger partial charge in [0.1, 0.15) is 5.60 Å². The van der Waals surface area contributed by atoms with E-state index in [-0.39, 0.29) is 13.0 Å². The van der Waals surface area contributed by atoms with Crippen LogP contribution in [0.15, 0.2) is 12.1 Å². The topological polar surface area (TPSA) is 145 Å². The number of nitrogens with two attached hydrogens (primary N) is 1. The standard InChI is InChI=1S/C16H21N3O5S/c1-16(2,24)8-7-10-5-6-12(25-10)13(20)19-11(14(21)22)4-3-9-18-15(17)23/h5-6,11,24H,3-4,9H2,1-2H3,(H,19,20)(H,21,22)(H3,17,18,23)/p-1/t11-/m1/s1. The zero-order chi connectivity index (χ0) is 19.0. The zero-order valence-corrected chi connectivity index (χ0v) is 14.7. The fourth-order valence-corrected chi connectivity index (χ4v) is 2.50. The summed E-state index contributed by atoms with van der Waals surface area (Å²) in [7, 11) is 0. The first kappa shape index (κ1) is 20.5. The number of hydrogen-bond donors (Lipinski definition) is 4. The van der Waals surface area contributed by atoms with E-state index in [0.29, 0.717) is 16.2 Å². The number of carbonyl (C=O) groups is 3. The summed E-state index contributed by atoms with van der Waals surface area (Å²) < 4.78 is 0. The number of carboxylic acids is 1. The highest BCUT2D eigenvalue weighted by molar-refractivity contribution is 7.14. The van der Waals surface area contributed by atoms with Crippen molar-refractivity contribution in [2.75, 3.05) is 6.54 Å². The summed E-state index contributed by atoms with van der Waals surface area (Å²) in [4.78, 5) is 34.7. The lowest BCUT2D eigenvalue weighted by Crippen LogP contribution is -2.48. The van der Waals surface area contributed by atoms with Gasteiger partial charge in [-0.1, -0.05) is 11.8 Å². The van der Waals surface area contributed by atoms with E-state index < -0.39 is 29.6 Å². The number of carbonyl (C=O) groups excluding carboxylic acids is 3. The van der Waals surface area contributed by atoms with Crippen LogP contribution in [0.3, 0.4) is 0 Å². The summed E-state index contributed by atoms with van der Waals surface area (Å²) in [5.74, 6) is 3.41. The van der Waals surface area contributed by atoms with Crippen molar-refractivity contribution >= 4 is 29.2 Å². The SMILES string of the molecule is CC(C)(O)C#Cc1ccc(C(=O)N[C@H](CCCNC(N)=O)C(=O)[O-])s1. The van der Waals surface area contributed by atoms with Crippen LogP contribution >= 0.6 is 11.3 Å². The molecule has 0 aliphatic rings. The predicted molar refractivity (Wildman–Crippen MR) is 90.6 cm³/mol. The first-order valence-electron chi connectivity index (χ1n) is 7.49. The van der Waals surface area contributed by atoms with E-state index in [1.165, 1.54) is 6.07 Å². The Hall–Kier alpha value is -2.57. The molecule has 0 bridgehead atoms. The fraction of sp³-hybridized carbons (Fsp3) is 0.438. The highest BCUT2D eigenvalue weighted by Crippen LogP contribution is 2.16. The summed E-state index contributed by atoms with van der Waals surface area (Å²) in [5.41, 5.74) is 3.76. The molecule has 0 spiro atoms. The minimum atomic E-state index is -1.41. The van der Waals surface area contributed by atoms with Crippen molar-refractivity contribution in [2.45, 2.75) is 38.3 Å². The molecule has 136 valence electrons. The fourth-order valence-electron chi connectivity index (χ4n) is 1.74. The van der Waals surface area contributed by atoms with E-state index in [9.17, 15) is 24.6 Å². The van der Waals surface area contributed by atoms with Crippen LogP contribution in [0.1, 0.15) is 41.2 Å². The third kappa shape index (κ3) is 8.19. The molecule has 0 saturated heterocycles. The molecule has 0 unspecified atom stereocenters. The van der Waals surface area contributed by atoms with Gasteiger partial charge in [-0.2, -0.15) is 0 Å². The van der Waals surface area contributed by atoms with Crippen LogP contribution < -0.4 is 21.5 Å². The van der Waals surface area contributed by atoms with Gasteiger partial charge >= 0.3 is 6.03 Å². The number of hydrogen-bond acceptors (Lipinski definition) is 6. The van der Waals surface area contributed by atoms with Gasteiger partial charge in [-0.05, 0) is 38.8 Å². The monoisotopic (exact) mass is 366 g/mol. The molecule has 0 aromatic carbocycles. The van der Waals surface area contributed by atoms with Crippen LogP contribution in [-0.4, -0.2) is 41.2 Å². The second-order valence-corrected chi connectivity index (χ2v) is 6.84. The maximum atomic E-state index is 12.1. The van der Waals surface area contributed by atoms with Crippen LogP contribution in [-0.2, 0) is 4.79 Å². The van der Waals surface area contributed by atoms with Crippen LogP contribution in [0.5, 0.6) is 0 Å². The summed E-state index contributed by atoms with van der Waals surface area (Å²) in [6.45, 7) is 3.28. The van der Waals surface area contributed by atoms with Crippen molar-refractivity contribution in [3.8, 4) is 11.8 Å². The number of urea groups is 1. The molecule has 1 atom stereocenters. The Morgan fingerprint density at radius 2 is 2.08 bits per heavy atom. The summed E-state index contributed by atoms with van der Waals surface area (Å²) >= 11 is 1.08. The molecule has 0 radical (unpaired) electrons. The zero-order valence-electron chi connectivity index (χ0n) is 13.9. The van der Waals surface area contributed by atoms with Gasteiger partial charge < -0.3 is 31.4 Å². The third-order valence-electron chi connectivity index (χ3n) is 2.88. The largest absolute Gasteiger partial charge is 0.548 e. The van der Waals surface area contributed by atoms with Crippen molar-refractivity contribution in [3.05, 3.63) is 21.9 Å². The van der Waals surface area contributed by atoms with E-state index >= 15 is 0 Å². The van der Waals surface area contributed by atoms with Crippen LogP contribution in [0.25, 0.3) is 0 Å². The molecule has 1 aromatic rings. The normalized spacial score (nSPS) is 11.8. The molecular weight excluding hydrogens is 346 g/mol. The lowest BCUT2D eigenvalue weighted by Gasteiger charge is -2.19. The molecule has 1 aromatic heterocycles. The molecule has 8 nitrogen and oxygen atoms in total. The Balaban J connectivity index is 2.65. The molecule has 9 heteroatoms. The minimum absolute atomic E-state index is 0.0884. The predicted octanol–water partition coefficient (Wildman–Crippen LogP) is -0.833. The van der Waals surface area contributed by atoms with E-state index in [2.05, 4.69) is 22.5 Å². The molecule has 0 fully saturated rings. The number of aliphatic carboxylic acids is 1. The number of carboxylic acid groups (broad SMARTS) is 1. The molecular formula is C16H20N3O5S-. The van der Waals surface area contributed by atoms with Gasteiger partial charge in [0.2, 0.25) is 0 Å². The highest BCUT2D eigenvalue weighted by atomic mass is 32.1. The Morgan fingerprint density at radius 3 is 2.64 bits per heavy atom.